The number of nitriles is 1. The van der Waals surface area contributed by atoms with Crippen molar-refractivity contribution < 1.29 is 14.3 Å². The van der Waals surface area contributed by atoms with E-state index in [0.717, 1.165) is 77.9 Å². The SMILES string of the molecule is N#Cc1cnc2cc(OC3CCOC3)ccc2c1Nc1ccc2[nH]ccc2c1.NC(=O)C=C1CCNCC1. The van der Waals surface area contributed by atoms with Crippen molar-refractivity contribution in [1.29, 1.82) is 5.26 Å². The number of anilines is 2. The highest BCUT2D eigenvalue weighted by Gasteiger charge is 2.18. The van der Waals surface area contributed by atoms with Gasteiger partial charge in [-0.15, -0.1) is 0 Å². The van der Waals surface area contributed by atoms with Crippen LogP contribution in [-0.4, -0.2) is 48.3 Å². The Morgan fingerprint density at radius 3 is 2.84 bits per heavy atom. The van der Waals surface area contributed by atoms with Crippen molar-refractivity contribution in [3.05, 3.63) is 72.1 Å². The largest absolute Gasteiger partial charge is 0.488 e. The van der Waals surface area contributed by atoms with Crippen LogP contribution < -0.4 is 21.1 Å². The number of aromatic amines is 1. The minimum absolute atomic E-state index is 0.0847. The molecule has 9 heteroatoms. The van der Waals surface area contributed by atoms with Crippen molar-refractivity contribution in [2.75, 3.05) is 31.6 Å². The van der Waals surface area contributed by atoms with Gasteiger partial charge >= 0.3 is 0 Å². The molecule has 0 radical (unpaired) electrons. The highest BCUT2D eigenvalue weighted by atomic mass is 16.5. The summed E-state index contributed by atoms with van der Waals surface area (Å²) in [5, 5.41) is 18.1. The fraction of sp³-hybridized carbons (Fsp3) is 0.276. The molecule has 6 rings (SSSR count). The third-order valence-electron chi connectivity index (χ3n) is 6.57. The molecule has 5 N–H and O–H groups in total. The second kappa shape index (κ2) is 11.8. The highest BCUT2D eigenvalue weighted by Crippen LogP contribution is 2.32. The van der Waals surface area contributed by atoms with Gasteiger partial charge in [-0.1, -0.05) is 5.57 Å². The van der Waals surface area contributed by atoms with Crippen LogP contribution in [0.2, 0.25) is 0 Å². The summed E-state index contributed by atoms with van der Waals surface area (Å²) in [6, 6.07) is 16.1. The van der Waals surface area contributed by atoms with Gasteiger partial charge in [-0.05, 0) is 62.3 Å². The van der Waals surface area contributed by atoms with Crippen LogP contribution in [0.4, 0.5) is 11.4 Å². The molecule has 38 heavy (non-hydrogen) atoms. The fourth-order valence-electron chi connectivity index (χ4n) is 4.63. The molecular weight excluding hydrogens is 480 g/mol. The minimum atomic E-state index is -0.322. The first-order valence-electron chi connectivity index (χ1n) is 12.7. The zero-order chi connectivity index (χ0) is 26.3. The number of nitrogens with one attached hydrogen (secondary N) is 3. The highest BCUT2D eigenvalue weighted by molar-refractivity contribution is 5.97. The van der Waals surface area contributed by atoms with E-state index < -0.39 is 0 Å². The van der Waals surface area contributed by atoms with Crippen LogP contribution in [0.5, 0.6) is 5.75 Å². The summed E-state index contributed by atoms with van der Waals surface area (Å²) in [6.07, 6.45) is 7.96. The Labute approximate surface area is 220 Å². The molecule has 4 heterocycles. The first-order chi connectivity index (χ1) is 18.6. The second-order valence-corrected chi connectivity index (χ2v) is 9.30. The standard InChI is InChI=1S/C22H18N4O2.C7H12N2O/c23-11-15-12-25-21-10-17(28-18-6-8-27-13-18)2-3-19(21)22(15)26-16-1-4-20-14(9-16)5-7-24-20;8-7(10)5-6-1-3-9-4-2-6/h1-5,7,9-10,12,18,24H,6,8,13H2,(H,25,26);5,9H,1-4H2,(H2,8,10). The number of ether oxygens (including phenoxy) is 2. The van der Waals surface area contributed by atoms with E-state index in [2.05, 4.69) is 32.7 Å². The zero-order valence-corrected chi connectivity index (χ0v) is 21.0. The Kier molecular flexibility index (Phi) is 7.83. The molecule has 2 saturated heterocycles. The van der Waals surface area contributed by atoms with Crippen LogP contribution in [0, 0.1) is 11.3 Å². The number of nitrogens with two attached hydrogens (primary N) is 1. The monoisotopic (exact) mass is 510 g/mol. The van der Waals surface area contributed by atoms with E-state index in [1.165, 1.54) is 5.57 Å². The Bertz CT molecular complexity index is 1510. The molecule has 2 aliphatic heterocycles. The summed E-state index contributed by atoms with van der Waals surface area (Å²) < 4.78 is 11.4. The zero-order valence-electron chi connectivity index (χ0n) is 21.0. The van der Waals surface area contributed by atoms with E-state index in [-0.39, 0.29) is 12.0 Å². The predicted octanol–water partition coefficient (Wildman–Crippen LogP) is 4.28. The molecule has 2 aliphatic rings. The summed E-state index contributed by atoms with van der Waals surface area (Å²) in [5.41, 5.74) is 10.2. The summed E-state index contributed by atoms with van der Waals surface area (Å²) in [5.74, 6) is 0.441. The van der Waals surface area contributed by atoms with Crippen LogP contribution in [0.3, 0.4) is 0 Å². The summed E-state index contributed by atoms with van der Waals surface area (Å²) in [4.78, 5) is 18.0. The van der Waals surface area contributed by atoms with Gasteiger partial charge in [0.15, 0.2) is 0 Å². The number of carbonyl (C=O) groups excluding carboxylic acids is 1. The number of primary amides is 1. The van der Waals surface area contributed by atoms with Gasteiger partial charge in [0.25, 0.3) is 0 Å². The van der Waals surface area contributed by atoms with Gasteiger partial charge in [0.2, 0.25) is 5.91 Å². The lowest BCUT2D eigenvalue weighted by Gasteiger charge is -2.14. The van der Waals surface area contributed by atoms with E-state index in [0.29, 0.717) is 12.2 Å². The molecule has 2 fully saturated rings. The van der Waals surface area contributed by atoms with Gasteiger partial charge in [-0.3, -0.25) is 9.78 Å². The number of hydrogen-bond donors (Lipinski definition) is 4. The van der Waals surface area contributed by atoms with Crippen LogP contribution in [-0.2, 0) is 9.53 Å². The molecule has 1 amide bonds. The third-order valence-corrected chi connectivity index (χ3v) is 6.57. The number of rotatable bonds is 5. The number of aromatic nitrogens is 2. The van der Waals surface area contributed by atoms with Crippen molar-refractivity contribution >= 4 is 39.1 Å². The normalized spacial score (nSPS) is 16.9. The van der Waals surface area contributed by atoms with Crippen molar-refractivity contribution in [3.8, 4) is 11.8 Å². The number of pyridine rings is 1. The predicted molar refractivity (Wildman–Crippen MR) is 147 cm³/mol. The maximum absolute atomic E-state index is 10.4. The number of nitrogens with zero attached hydrogens (tertiary/aromatic N) is 2. The van der Waals surface area contributed by atoms with Gasteiger partial charge in [-0.2, -0.15) is 5.26 Å². The van der Waals surface area contributed by atoms with Gasteiger partial charge < -0.3 is 30.8 Å². The maximum atomic E-state index is 10.4. The number of H-pyrrole nitrogens is 1. The molecule has 1 unspecified atom stereocenters. The van der Waals surface area contributed by atoms with Crippen molar-refractivity contribution in [2.45, 2.75) is 25.4 Å². The molecule has 1 atom stereocenters. The molecule has 2 aromatic heterocycles. The number of fused-ring (bicyclic) bond motifs is 2. The molecule has 9 nitrogen and oxygen atoms in total. The summed E-state index contributed by atoms with van der Waals surface area (Å²) in [6.45, 7) is 3.30. The average molecular weight is 511 g/mol. The quantitative estimate of drug-likeness (QED) is 0.294. The molecule has 194 valence electrons. The van der Waals surface area contributed by atoms with E-state index >= 15 is 0 Å². The molecule has 0 aliphatic carbocycles. The number of carbonyl (C=O) groups is 1. The van der Waals surface area contributed by atoms with Crippen LogP contribution >= 0.6 is 0 Å². The summed E-state index contributed by atoms with van der Waals surface area (Å²) >= 11 is 0. The van der Waals surface area contributed by atoms with Crippen molar-refractivity contribution in [1.82, 2.24) is 15.3 Å². The van der Waals surface area contributed by atoms with E-state index in [1.807, 2.05) is 42.6 Å². The van der Waals surface area contributed by atoms with Gasteiger partial charge in [0, 0.05) is 52.9 Å². The lowest BCUT2D eigenvalue weighted by atomic mass is 10.1. The third kappa shape index (κ3) is 6.11. The van der Waals surface area contributed by atoms with Crippen LogP contribution in [0.15, 0.2) is 66.5 Å². The topological polar surface area (TPSA) is 138 Å². The Balaban J connectivity index is 0.000000249. The molecule has 4 aromatic rings. The van der Waals surface area contributed by atoms with Crippen molar-refractivity contribution in [2.24, 2.45) is 5.73 Å². The first-order valence-corrected chi connectivity index (χ1v) is 12.7. The van der Waals surface area contributed by atoms with Gasteiger partial charge in [0.05, 0.1) is 30.0 Å². The fourth-order valence-corrected chi connectivity index (χ4v) is 4.63. The van der Waals surface area contributed by atoms with Crippen LogP contribution in [0.1, 0.15) is 24.8 Å². The van der Waals surface area contributed by atoms with Gasteiger partial charge in [0.1, 0.15) is 17.9 Å². The Morgan fingerprint density at radius 2 is 2.08 bits per heavy atom. The lowest BCUT2D eigenvalue weighted by Crippen LogP contribution is -2.24. The Hall–Kier alpha value is -4.39. The first kappa shape index (κ1) is 25.3. The maximum Gasteiger partial charge on any atom is 0.241 e. The summed E-state index contributed by atoms with van der Waals surface area (Å²) in [7, 11) is 0. The number of hydrogen-bond acceptors (Lipinski definition) is 7. The number of amides is 1. The molecule has 0 saturated carbocycles. The average Bonchev–Trinajstić information content (AvgIpc) is 3.61. The van der Waals surface area contributed by atoms with E-state index in [9.17, 15) is 10.1 Å². The van der Waals surface area contributed by atoms with E-state index in [4.69, 9.17) is 15.2 Å². The van der Waals surface area contributed by atoms with Gasteiger partial charge in [-0.25, -0.2) is 0 Å². The lowest BCUT2D eigenvalue weighted by molar-refractivity contribution is -0.113. The molecule has 0 spiro atoms. The number of benzene rings is 2. The molecule has 0 bridgehead atoms. The Morgan fingerprint density at radius 1 is 1.21 bits per heavy atom. The van der Waals surface area contributed by atoms with E-state index in [1.54, 1.807) is 12.3 Å². The molecular formula is C29H30N6O3. The minimum Gasteiger partial charge on any atom is -0.488 e. The molecule has 2 aromatic carbocycles. The van der Waals surface area contributed by atoms with Crippen LogP contribution in [0.25, 0.3) is 21.8 Å². The van der Waals surface area contributed by atoms with Crippen molar-refractivity contribution in [3.63, 3.8) is 0 Å². The second-order valence-electron chi connectivity index (χ2n) is 9.30. The number of piperidine rings is 1. The smallest absolute Gasteiger partial charge is 0.241 e.